The third-order valence-corrected chi connectivity index (χ3v) is 3.38. The lowest BCUT2D eigenvalue weighted by Crippen LogP contribution is -2.29. The Morgan fingerprint density at radius 1 is 1.56 bits per heavy atom. The minimum Gasteiger partial charge on any atom is -0.478 e. The van der Waals surface area contributed by atoms with Gasteiger partial charge in [0.05, 0.1) is 11.9 Å². The molecule has 1 N–H and O–H groups in total. The van der Waals surface area contributed by atoms with Crippen LogP contribution in [0.3, 0.4) is 0 Å². The second-order valence-electron chi connectivity index (χ2n) is 4.77. The smallest absolute Gasteiger partial charge is 0.339 e. The molecule has 102 valence electrons. The van der Waals surface area contributed by atoms with Crippen molar-refractivity contribution in [3.63, 3.8) is 0 Å². The van der Waals surface area contributed by atoms with E-state index in [2.05, 4.69) is 30.8 Å². The molecule has 18 heavy (non-hydrogen) atoms. The minimum atomic E-state index is -0.905. The van der Waals surface area contributed by atoms with E-state index in [0.29, 0.717) is 18.0 Å². The summed E-state index contributed by atoms with van der Waals surface area (Å²) in [6.07, 6.45) is 2.56. The standard InChI is InChI=1S/C13H23N3O2/c1-5-10(3)8-16(6-2)9-12-11(13(17)18)7-14-15(12)4/h7,10H,5-6,8-9H2,1-4H3,(H,17,18). The van der Waals surface area contributed by atoms with Gasteiger partial charge in [0.1, 0.15) is 5.56 Å². The number of aromatic nitrogens is 2. The van der Waals surface area contributed by atoms with E-state index in [1.165, 1.54) is 6.20 Å². The third kappa shape index (κ3) is 3.57. The highest BCUT2D eigenvalue weighted by molar-refractivity contribution is 5.88. The Morgan fingerprint density at radius 3 is 2.72 bits per heavy atom. The van der Waals surface area contributed by atoms with Crippen LogP contribution in [0.1, 0.15) is 43.2 Å². The van der Waals surface area contributed by atoms with Crippen LogP contribution >= 0.6 is 0 Å². The van der Waals surface area contributed by atoms with Gasteiger partial charge in [-0.25, -0.2) is 4.79 Å². The summed E-state index contributed by atoms with van der Waals surface area (Å²) in [5.74, 6) is -0.288. The van der Waals surface area contributed by atoms with E-state index in [0.717, 1.165) is 25.2 Å². The number of rotatable bonds is 7. The fraction of sp³-hybridized carbons (Fsp3) is 0.692. The quantitative estimate of drug-likeness (QED) is 0.807. The molecule has 0 saturated carbocycles. The predicted molar refractivity (Wildman–Crippen MR) is 70.6 cm³/mol. The molecule has 5 heteroatoms. The maximum absolute atomic E-state index is 11.1. The van der Waals surface area contributed by atoms with Crippen molar-refractivity contribution in [1.82, 2.24) is 14.7 Å². The fourth-order valence-electron chi connectivity index (χ4n) is 1.92. The summed E-state index contributed by atoms with van der Waals surface area (Å²) < 4.78 is 1.66. The maximum atomic E-state index is 11.1. The second kappa shape index (κ2) is 6.54. The van der Waals surface area contributed by atoms with Gasteiger partial charge in [-0.1, -0.05) is 27.2 Å². The number of hydrogen-bond acceptors (Lipinski definition) is 3. The van der Waals surface area contributed by atoms with Gasteiger partial charge in [-0.2, -0.15) is 5.10 Å². The van der Waals surface area contributed by atoms with E-state index < -0.39 is 5.97 Å². The minimum absolute atomic E-state index is 0.306. The zero-order valence-corrected chi connectivity index (χ0v) is 11.7. The van der Waals surface area contributed by atoms with Gasteiger partial charge < -0.3 is 5.11 Å². The molecule has 0 fully saturated rings. The summed E-state index contributed by atoms with van der Waals surface area (Å²) in [7, 11) is 1.79. The van der Waals surface area contributed by atoms with E-state index in [1.807, 2.05) is 0 Å². The summed E-state index contributed by atoms with van der Waals surface area (Å²) in [4.78, 5) is 13.4. The van der Waals surface area contributed by atoms with Crippen LogP contribution in [-0.4, -0.2) is 38.8 Å². The number of hydrogen-bond donors (Lipinski definition) is 1. The Labute approximate surface area is 108 Å². The van der Waals surface area contributed by atoms with Gasteiger partial charge in [0, 0.05) is 20.1 Å². The summed E-state index contributed by atoms with van der Waals surface area (Å²) in [5.41, 5.74) is 1.08. The molecule has 0 amide bonds. The van der Waals surface area contributed by atoms with Gasteiger partial charge in [-0.15, -0.1) is 0 Å². The van der Waals surface area contributed by atoms with Crippen LogP contribution < -0.4 is 0 Å². The van der Waals surface area contributed by atoms with Crippen molar-refractivity contribution in [3.8, 4) is 0 Å². The van der Waals surface area contributed by atoms with Gasteiger partial charge in [0.15, 0.2) is 0 Å². The number of carbonyl (C=O) groups is 1. The van der Waals surface area contributed by atoms with E-state index in [4.69, 9.17) is 5.11 Å². The SMILES string of the molecule is CCC(C)CN(CC)Cc1c(C(=O)O)cnn1C. The number of aromatic carboxylic acids is 1. The number of aryl methyl sites for hydroxylation is 1. The molecule has 0 bridgehead atoms. The average Bonchev–Trinajstić information content (AvgIpc) is 2.70. The normalized spacial score (nSPS) is 12.9. The van der Waals surface area contributed by atoms with Crippen LogP contribution in [0, 0.1) is 5.92 Å². The van der Waals surface area contributed by atoms with Crippen molar-refractivity contribution < 1.29 is 9.90 Å². The molecule has 1 rings (SSSR count). The molecular formula is C13H23N3O2. The van der Waals surface area contributed by atoms with Crippen LogP contribution in [-0.2, 0) is 13.6 Å². The van der Waals surface area contributed by atoms with Gasteiger partial charge in [-0.3, -0.25) is 9.58 Å². The van der Waals surface area contributed by atoms with Gasteiger partial charge >= 0.3 is 5.97 Å². The Morgan fingerprint density at radius 2 is 2.22 bits per heavy atom. The maximum Gasteiger partial charge on any atom is 0.339 e. The first-order valence-electron chi connectivity index (χ1n) is 6.46. The number of nitrogens with zero attached hydrogens (tertiary/aromatic N) is 3. The largest absolute Gasteiger partial charge is 0.478 e. The summed E-state index contributed by atoms with van der Waals surface area (Å²) in [5, 5.41) is 13.2. The number of carboxylic acids is 1. The number of carboxylic acid groups (broad SMARTS) is 1. The highest BCUT2D eigenvalue weighted by Crippen LogP contribution is 2.13. The molecule has 1 aromatic heterocycles. The van der Waals surface area contributed by atoms with Gasteiger partial charge in [0.2, 0.25) is 0 Å². The zero-order valence-electron chi connectivity index (χ0n) is 11.7. The first-order chi connectivity index (χ1) is 8.49. The second-order valence-corrected chi connectivity index (χ2v) is 4.77. The topological polar surface area (TPSA) is 58.4 Å². The molecule has 1 heterocycles. The molecule has 0 aliphatic carbocycles. The Kier molecular flexibility index (Phi) is 5.34. The lowest BCUT2D eigenvalue weighted by Gasteiger charge is -2.24. The third-order valence-electron chi connectivity index (χ3n) is 3.38. The predicted octanol–water partition coefficient (Wildman–Crippen LogP) is 1.99. The average molecular weight is 253 g/mol. The first kappa shape index (κ1) is 14.7. The molecule has 0 saturated heterocycles. The zero-order chi connectivity index (χ0) is 13.7. The molecule has 0 spiro atoms. The van der Waals surface area contributed by atoms with Crippen LogP contribution in [0.15, 0.2) is 6.20 Å². The van der Waals surface area contributed by atoms with Crippen LogP contribution in [0.5, 0.6) is 0 Å². The molecule has 1 unspecified atom stereocenters. The molecule has 0 radical (unpaired) electrons. The summed E-state index contributed by atoms with van der Waals surface area (Å²) >= 11 is 0. The van der Waals surface area contributed by atoms with E-state index in [1.54, 1.807) is 11.7 Å². The summed E-state index contributed by atoms with van der Waals surface area (Å²) in [6.45, 7) is 9.01. The molecule has 1 atom stereocenters. The fourth-order valence-corrected chi connectivity index (χ4v) is 1.92. The van der Waals surface area contributed by atoms with Crippen molar-refractivity contribution in [1.29, 1.82) is 0 Å². The molecule has 0 aliphatic heterocycles. The van der Waals surface area contributed by atoms with Crippen molar-refractivity contribution in [3.05, 3.63) is 17.5 Å². The van der Waals surface area contributed by atoms with Crippen molar-refractivity contribution >= 4 is 5.97 Å². The van der Waals surface area contributed by atoms with E-state index in [-0.39, 0.29) is 0 Å². The van der Waals surface area contributed by atoms with Crippen LogP contribution in [0.2, 0.25) is 0 Å². The van der Waals surface area contributed by atoms with Crippen molar-refractivity contribution in [2.24, 2.45) is 13.0 Å². The molecule has 0 aliphatic rings. The first-order valence-corrected chi connectivity index (χ1v) is 6.46. The molecule has 1 aromatic rings. The Hall–Kier alpha value is -1.36. The summed E-state index contributed by atoms with van der Waals surface area (Å²) in [6, 6.07) is 0. The lowest BCUT2D eigenvalue weighted by atomic mass is 10.1. The van der Waals surface area contributed by atoms with Crippen LogP contribution in [0.4, 0.5) is 0 Å². The van der Waals surface area contributed by atoms with E-state index in [9.17, 15) is 4.79 Å². The van der Waals surface area contributed by atoms with Gasteiger partial charge in [-0.05, 0) is 12.5 Å². The Balaban J connectivity index is 2.81. The van der Waals surface area contributed by atoms with Gasteiger partial charge in [0.25, 0.3) is 0 Å². The van der Waals surface area contributed by atoms with Crippen molar-refractivity contribution in [2.75, 3.05) is 13.1 Å². The highest BCUT2D eigenvalue weighted by atomic mass is 16.4. The molecule has 0 aromatic carbocycles. The van der Waals surface area contributed by atoms with Crippen molar-refractivity contribution in [2.45, 2.75) is 33.7 Å². The highest BCUT2D eigenvalue weighted by Gasteiger charge is 2.18. The van der Waals surface area contributed by atoms with Crippen LogP contribution in [0.25, 0.3) is 0 Å². The Bertz CT molecular complexity index is 401. The molecule has 5 nitrogen and oxygen atoms in total. The lowest BCUT2D eigenvalue weighted by molar-refractivity contribution is 0.0694. The van der Waals surface area contributed by atoms with E-state index >= 15 is 0 Å². The monoisotopic (exact) mass is 253 g/mol. The molecular weight excluding hydrogens is 230 g/mol.